The van der Waals surface area contributed by atoms with Gasteiger partial charge in [-0.3, -0.25) is 4.79 Å². The molecular formula is C9H13N5O4. The van der Waals surface area contributed by atoms with Gasteiger partial charge in [0.05, 0.1) is 18.8 Å². The van der Waals surface area contributed by atoms with Crippen LogP contribution >= 0.6 is 0 Å². The van der Waals surface area contributed by atoms with Crippen LogP contribution in [0.3, 0.4) is 0 Å². The Bertz CT molecular complexity index is 456. The van der Waals surface area contributed by atoms with E-state index in [1.807, 2.05) is 0 Å². The molecule has 1 saturated heterocycles. The molecule has 0 aliphatic carbocycles. The Morgan fingerprint density at radius 3 is 2.83 bits per heavy atom. The summed E-state index contributed by atoms with van der Waals surface area (Å²) in [7, 11) is 0. The number of hydrogen-bond donors (Lipinski definition) is 4. The van der Waals surface area contributed by atoms with Crippen molar-refractivity contribution in [2.45, 2.75) is 12.1 Å². The molecule has 18 heavy (non-hydrogen) atoms. The van der Waals surface area contributed by atoms with Gasteiger partial charge < -0.3 is 20.8 Å². The predicted octanol–water partition coefficient (Wildman–Crippen LogP) is -2.40. The smallest absolute Gasteiger partial charge is 0.328 e. The first-order chi connectivity index (χ1) is 8.61. The fourth-order valence-corrected chi connectivity index (χ4v) is 1.44. The Balaban J connectivity index is 1.99. The fraction of sp³-hybridized carbons (Fsp3) is 0.556. The molecule has 1 aliphatic heterocycles. The van der Waals surface area contributed by atoms with E-state index in [4.69, 9.17) is 10.2 Å². The van der Waals surface area contributed by atoms with Gasteiger partial charge in [-0.15, -0.1) is 5.10 Å². The number of hydrogen-bond acceptors (Lipinski definition) is 6. The lowest BCUT2D eigenvalue weighted by molar-refractivity contribution is -0.140. The maximum Gasteiger partial charge on any atom is 0.328 e. The normalized spacial score (nSPS) is 16.9. The van der Waals surface area contributed by atoms with E-state index in [2.05, 4.69) is 20.9 Å². The van der Waals surface area contributed by atoms with Gasteiger partial charge in [0, 0.05) is 13.1 Å². The van der Waals surface area contributed by atoms with Gasteiger partial charge in [0.15, 0.2) is 11.7 Å². The van der Waals surface area contributed by atoms with Crippen LogP contribution in [0.25, 0.3) is 0 Å². The lowest BCUT2D eigenvalue weighted by Gasteiger charge is -2.26. The molecule has 9 heteroatoms. The lowest BCUT2D eigenvalue weighted by atomic mass is 10.2. The van der Waals surface area contributed by atoms with Gasteiger partial charge in [-0.05, 0) is 0 Å². The molecule has 4 N–H and O–H groups in total. The number of carbonyl (C=O) groups excluding carboxylic acids is 1. The van der Waals surface area contributed by atoms with Crippen molar-refractivity contribution in [2.24, 2.45) is 0 Å². The molecule has 0 bridgehead atoms. The van der Waals surface area contributed by atoms with Crippen LogP contribution in [0.5, 0.6) is 0 Å². The van der Waals surface area contributed by atoms with Gasteiger partial charge in [-0.2, -0.15) is 0 Å². The van der Waals surface area contributed by atoms with E-state index in [0.717, 1.165) is 13.1 Å². The van der Waals surface area contributed by atoms with Gasteiger partial charge in [-0.25, -0.2) is 9.48 Å². The number of carbonyl (C=O) groups is 2. The van der Waals surface area contributed by atoms with E-state index in [0.29, 0.717) is 0 Å². The Morgan fingerprint density at radius 1 is 1.61 bits per heavy atom. The van der Waals surface area contributed by atoms with E-state index in [-0.39, 0.29) is 11.7 Å². The minimum absolute atomic E-state index is 0.0293. The number of nitrogens with one attached hydrogen (secondary N) is 2. The molecule has 1 aromatic rings. The second-order valence-corrected chi connectivity index (χ2v) is 3.94. The number of aliphatic hydroxyl groups is 1. The minimum atomic E-state index is -1.34. The van der Waals surface area contributed by atoms with Crippen molar-refractivity contribution in [3.05, 3.63) is 11.9 Å². The van der Waals surface area contributed by atoms with Crippen molar-refractivity contribution < 1.29 is 19.8 Å². The van der Waals surface area contributed by atoms with E-state index in [1.165, 1.54) is 6.20 Å². The molecule has 0 spiro atoms. The molecule has 0 aromatic carbocycles. The third kappa shape index (κ3) is 2.46. The molecule has 1 fully saturated rings. The Morgan fingerprint density at radius 2 is 2.33 bits per heavy atom. The van der Waals surface area contributed by atoms with Crippen molar-refractivity contribution in [1.82, 2.24) is 25.6 Å². The summed E-state index contributed by atoms with van der Waals surface area (Å²) in [6.45, 7) is 0.847. The molecule has 1 aromatic heterocycles. The SMILES string of the molecule is O=C(N[C@@H](CO)C(=O)O)c1cn(C2CNC2)nn1. The van der Waals surface area contributed by atoms with E-state index in [1.54, 1.807) is 4.68 Å². The fourth-order valence-electron chi connectivity index (χ4n) is 1.44. The van der Waals surface area contributed by atoms with Gasteiger partial charge in [0.25, 0.3) is 5.91 Å². The van der Waals surface area contributed by atoms with Crippen molar-refractivity contribution in [3.63, 3.8) is 0 Å². The zero-order valence-corrected chi connectivity index (χ0v) is 9.41. The topological polar surface area (TPSA) is 129 Å². The van der Waals surface area contributed by atoms with Crippen molar-refractivity contribution in [3.8, 4) is 0 Å². The molecule has 9 nitrogen and oxygen atoms in total. The van der Waals surface area contributed by atoms with Gasteiger partial charge in [0.1, 0.15) is 0 Å². The summed E-state index contributed by atoms with van der Waals surface area (Å²) >= 11 is 0. The van der Waals surface area contributed by atoms with Crippen LogP contribution in [0.15, 0.2) is 6.20 Å². The van der Waals surface area contributed by atoms with Crippen LogP contribution in [0.1, 0.15) is 16.5 Å². The molecule has 98 valence electrons. The van der Waals surface area contributed by atoms with Gasteiger partial charge in [0.2, 0.25) is 0 Å². The summed E-state index contributed by atoms with van der Waals surface area (Å²) < 4.78 is 1.56. The molecule has 1 atom stereocenters. The summed E-state index contributed by atoms with van der Waals surface area (Å²) in [5.74, 6) is -1.98. The number of nitrogens with zero attached hydrogens (tertiary/aromatic N) is 3. The Kier molecular flexibility index (Phi) is 3.53. The Hall–Kier alpha value is -2.00. The first-order valence-corrected chi connectivity index (χ1v) is 5.39. The second kappa shape index (κ2) is 5.10. The van der Waals surface area contributed by atoms with Crippen LogP contribution in [0.4, 0.5) is 0 Å². The first-order valence-electron chi connectivity index (χ1n) is 5.39. The largest absolute Gasteiger partial charge is 0.480 e. The van der Waals surface area contributed by atoms with Crippen molar-refractivity contribution >= 4 is 11.9 Å². The summed E-state index contributed by atoms with van der Waals surface area (Å²) in [6.07, 6.45) is 1.46. The summed E-state index contributed by atoms with van der Waals surface area (Å²) in [5.41, 5.74) is 0.0293. The van der Waals surface area contributed by atoms with Crippen molar-refractivity contribution in [1.29, 1.82) is 0 Å². The Labute approximate surface area is 102 Å². The highest BCUT2D eigenvalue weighted by molar-refractivity contribution is 5.94. The van der Waals surface area contributed by atoms with Gasteiger partial charge in [-0.1, -0.05) is 5.21 Å². The minimum Gasteiger partial charge on any atom is -0.480 e. The maximum atomic E-state index is 11.6. The molecule has 0 radical (unpaired) electrons. The van der Waals surface area contributed by atoms with E-state index in [9.17, 15) is 9.59 Å². The third-order valence-electron chi connectivity index (χ3n) is 2.66. The highest BCUT2D eigenvalue weighted by Gasteiger charge is 2.24. The van der Waals surface area contributed by atoms with Crippen molar-refractivity contribution in [2.75, 3.05) is 19.7 Å². The van der Waals surface area contributed by atoms with Crippen LogP contribution in [0, 0.1) is 0 Å². The molecule has 1 aliphatic rings. The zero-order chi connectivity index (χ0) is 13.1. The number of aliphatic hydroxyl groups excluding tert-OH is 1. The maximum absolute atomic E-state index is 11.6. The number of aromatic nitrogens is 3. The number of carboxylic acids is 1. The van der Waals surface area contributed by atoms with Gasteiger partial charge >= 0.3 is 5.97 Å². The number of rotatable bonds is 5. The molecular weight excluding hydrogens is 242 g/mol. The van der Waals surface area contributed by atoms with Crippen LogP contribution in [-0.2, 0) is 4.79 Å². The van der Waals surface area contributed by atoms with E-state index < -0.39 is 24.5 Å². The monoisotopic (exact) mass is 255 g/mol. The lowest BCUT2D eigenvalue weighted by Crippen LogP contribution is -2.44. The number of amides is 1. The number of aliphatic carboxylic acids is 1. The predicted molar refractivity (Wildman–Crippen MR) is 57.9 cm³/mol. The molecule has 0 saturated carbocycles. The average Bonchev–Trinajstić information content (AvgIpc) is 2.71. The highest BCUT2D eigenvalue weighted by Crippen LogP contribution is 2.09. The molecule has 2 rings (SSSR count). The van der Waals surface area contributed by atoms with Crippen LogP contribution < -0.4 is 10.6 Å². The average molecular weight is 255 g/mol. The molecule has 2 heterocycles. The van der Waals surface area contributed by atoms with Crippen LogP contribution in [0.2, 0.25) is 0 Å². The summed E-state index contributed by atoms with van der Waals surface area (Å²) in [5, 5.41) is 30.1. The second-order valence-electron chi connectivity index (χ2n) is 3.94. The zero-order valence-electron chi connectivity index (χ0n) is 9.41. The molecule has 0 unspecified atom stereocenters. The first kappa shape index (κ1) is 12.5. The highest BCUT2D eigenvalue weighted by atomic mass is 16.4. The molecule has 1 amide bonds. The quantitative estimate of drug-likeness (QED) is 0.461. The summed E-state index contributed by atoms with van der Waals surface area (Å²) in [6, 6.07) is -1.17. The van der Waals surface area contributed by atoms with E-state index >= 15 is 0 Å². The van der Waals surface area contributed by atoms with Crippen LogP contribution in [-0.4, -0.2) is 62.8 Å². The third-order valence-corrected chi connectivity index (χ3v) is 2.66. The standard InChI is InChI=1S/C9H13N5O4/c15-4-7(9(17)18)11-8(16)6-3-14(13-12-6)5-1-10-2-5/h3,5,7,10,15H,1-2,4H2,(H,11,16)(H,17,18)/t7-/m0/s1. The number of carboxylic acid groups (broad SMARTS) is 1. The summed E-state index contributed by atoms with van der Waals surface area (Å²) in [4.78, 5) is 22.3.